The maximum absolute atomic E-state index is 14.7. The molecule has 0 heterocycles. The first-order valence-corrected chi connectivity index (χ1v) is 17.1. The molecule has 3 atom stereocenters. The van der Waals surface area contributed by atoms with Gasteiger partial charge in [0.2, 0.25) is 0 Å². The van der Waals surface area contributed by atoms with Crippen LogP contribution in [0.15, 0.2) is 127 Å². The Hall–Kier alpha value is -4.70. The summed E-state index contributed by atoms with van der Waals surface area (Å²) < 4.78 is 39.0. The SMILES string of the molecule is CCOc1ccc(Cc2cc(C(=O)C(OCc3ccccc3)C(OCc3ccccc3)C(OCc3ccccc3)C(=O)CO)ccc2Cl)cc1F. The quantitative estimate of drug-likeness (QED) is 0.0870. The van der Waals surface area contributed by atoms with Crippen molar-refractivity contribution in [1.82, 2.24) is 0 Å². The van der Waals surface area contributed by atoms with E-state index in [1.165, 1.54) is 6.07 Å². The van der Waals surface area contributed by atoms with E-state index >= 15 is 0 Å². The molecular formula is C42H40ClFO7. The summed E-state index contributed by atoms with van der Waals surface area (Å²) in [4.78, 5) is 28.1. The molecule has 0 radical (unpaired) electrons. The van der Waals surface area contributed by atoms with E-state index in [0.29, 0.717) is 22.8 Å². The van der Waals surface area contributed by atoms with Crippen molar-refractivity contribution < 1.29 is 38.0 Å². The lowest BCUT2D eigenvalue weighted by atomic mass is 9.94. The first-order chi connectivity index (χ1) is 24.9. The Balaban J connectivity index is 1.52. The third-order valence-electron chi connectivity index (χ3n) is 8.18. The highest BCUT2D eigenvalue weighted by Crippen LogP contribution is 2.27. The van der Waals surface area contributed by atoms with Crippen LogP contribution in [-0.4, -0.2) is 48.2 Å². The van der Waals surface area contributed by atoms with Gasteiger partial charge in [-0.1, -0.05) is 109 Å². The Morgan fingerprint density at radius 3 is 1.76 bits per heavy atom. The molecule has 7 nitrogen and oxygen atoms in total. The zero-order valence-corrected chi connectivity index (χ0v) is 29.0. The first kappa shape index (κ1) is 37.6. The fraction of sp³-hybridized carbons (Fsp3) is 0.238. The fourth-order valence-electron chi connectivity index (χ4n) is 5.58. The lowest BCUT2D eigenvalue weighted by molar-refractivity contribution is -0.162. The molecule has 5 rings (SSSR count). The van der Waals surface area contributed by atoms with Crippen LogP contribution in [0.1, 0.15) is 45.1 Å². The van der Waals surface area contributed by atoms with Crippen molar-refractivity contribution in [3.63, 3.8) is 0 Å². The van der Waals surface area contributed by atoms with E-state index in [4.69, 9.17) is 30.5 Å². The Morgan fingerprint density at radius 1 is 0.686 bits per heavy atom. The molecule has 0 bridgehead atoms. The van der Waals surface area contributed by atoms with E-state index in [2.05, 4.69) is 0 Å². The maximum Gasteiger partial charge on any atom is 0.194 e. The van der Waals surface area contributed by atoms with Crippen LogP contribution in [0.2, 0.25) is 5.02 Å². The van der Waals surface area contributed by atoms with Gasteiger partial charge in [-0.3, -0.25) is 9.59 Å². The minimum absolute atomic E-state index is 0.0196. The van der Waals surface area contributed by atoms with Crippen LogP contribution >= 0.6 is 11.6 Å². The second-order valence-electron chi connectivity index (χ2n) is 11.9. The summed E-state index contributed by atoms with van der Waals surface area (Å²) in [5, 5.41) is 10.5. The van der Waals surface area contributed by atoms with Crippen molar-refractivity contribution in [2.24, 2.45) is 0 Å². The molecule has 0 aromatic heterocycles. The Morgan fingerprint density at radius 2 is 1.24 bits per heavy atom. The molecule has 0 saturated heterocycles. The molecular weight excluding hydrogens is 671 g/mol. The predicted molar refractivity (Wildman–Crippen MR) is 193 cm³/mol. The first-order valence-electron chi connectivity index (χ1n) is 16.7. The summed E-state index contributed by atoms with van der Waals surface area (Å²) in [5.41, 5.74) is 3.83. The topological polar surface area (TPSA) is 91.3 Å². The van der Waals surface area contributed by atoms with Gasteiger partial charge >= 0.3 is 0 Å². The molecule has 5 aromatic rings. The zero-order valence-electron chi connectivity index (χ0n) is 28.3. The van der Waals surface area contributed by atoms with Crippen LogP contribution < -0.4 is 4.74 Å². The number of hydrogen-bond donors (Lipinski definition) is 1. The van der Waals surface area contributed by atoms with E-state index in [1.54, 1.807) is 37.3 Å². The van der Waals surface area contributed by atoms with Gasteiger partial charge in [0.15, 0.2) is 23.1 Å². The number of ether oxygens (including phenoxy) is 4. The largest absolute Gasteiger partial charge is 0.491 e. The predicted octanol–water partition coefficient (Wildman–Crippen LogP) is 7.97. The van der Waals surface area contributed by atoms with E-state index in [0.717, 1.165) is 16.7 Å². The number of carbonyl (C=O) groups excluding carboxylic acids is 2. The molecule has 9 heteroatoms. The molecule has 0 amide bonds. The molecule has 0 fully saturated rings. The standard InChI is InChI=1S/C42H40ClFO7/c1-2-48-38-21-18-32(23-36(38)44)22-34-24-33(19-20-35(34)43)39(47)41(50-27-30-14-8-4-9-15-30)42(51-28-31-16-10-5-11-17-31)40(37(46)25-45)49-26-29-12-6-3-7-13-29/h3-21,23-24,40-42,45H,2,22,25-28H2,1H3. The number of hydrogen-bond acceptors (Lipinski definition) is 7. The van der Waals surface area contributed by atoms with E-state index in [1.807, 2.05) is 91.0 Å². The molecule has 0 spiro atoms. The van der Waals surface area contributed by atoms with Gasteiger partial charge in [-0.05, 0) is 71.5 Å². The van der Waals surface area contributed by atoms with Crippen LogP contribution in [0.5, 0.6) is 5.75 Å². The number of rotatable bonds is 19. The van der Waals surface area contributed by atoms with Gasteiger partial charge in [0.05, 0.1) is 26.4 Å². The minimum atomic E-state index is -1.37. The average molecular weight is 711 g/mol. The molecule has 5 aromatic carbocycles. The number of aliphatic hydroxyl groups is 1. The highest BCUT2D eigenvalue weighted by Gasteiger charge is 2.41. The van der Waals surface area contributed by atoms with Gasteiger partial charge in [0, 0.05) is 10.6 Å². The summed E-state index contributed by atoms with van der Waals surface area (Å²) in [6.45, 7) is 1.34. The van der Waals surface area contributed by atoms with Crippen LogP contribution in [0.25, 0.3) is 0 Å². The van der Waals surface area contributed by atoms with Crippen molar-refractivity contribution in [3.05, 3.63) is 172 Å². The summed E-state index contributed by atoms with van der Waals surface area (Å²) in [7, 11) is 0. The van der Waals surface area contributed by atoms with E-state index in [-0.39, 0.29) is 37.6 Å². The molecule has 0 aliphatic rings. The molecule has 3 unspecified atom stereocenters. The van der Waals surface area contributed by atoms with Crippen molar-refractivity contribution >= 4 is 23.2 Å². The Labute approximate surface area is 302 Å². The van der Waals surface area contributed by atoms with Crippen molar-refractivity contribution in [1.29, 1.82) is 0 Å². The molecule has 0 aliphatic carbocycles. The summed E-state index contributed by atoms with van der Waals surface area (Å²) >= 11 is 6.60. The number of benzene rings is 5. The van der Waals surface area contributed by atoms with Gasteiger partial charge in [-0.25, -0.2) is 4.39 Å². The van der Waals surface area contributed by atoms with Crippen LogP contribution in [0.3, 0.4) is 0 Å². The monoisotopic (exact) mass is 710 g/mol. The van der Waals surface area contributed by atoms with Gasteiger partial charge < -0.3 is 24.1 Å². The van der Waals surface area contributed by atoms with Gasteiger partial charge in [0.1, 0.15) is 24.9 Å². The highest BCUT2D eigenvalue weighted by molar-refractivity contribution is 6.31. The average Bonchev–Trinajstić information content (AvgIpc) is 3.16. The van der Waals surface area contributed by atoms with Crippen molar-refractivity contribution in [2.75, 3.05) is 13.2 Å². The smallest absolute Gasteiger partial charge is 0.194 e. The normalized spacial score (nSPS) is 12.9. The van der Waals surface area contributed by atoms with Crippen LogP contribution in [0, 0.1) is 5.82 Å². The van der Waals surface area contributed by atoms with E-state index < -0.39 is 42.3 Å². The fourth-order valence-corrected chi connectivity index (χ4v) is 5.76. The molecule has 264 valence electrons. The minimum Gasteiger partial charge on any atom is -0.491 e. The molecule has 51 heavy (non-hydrogen) atoms. The third-order valence-corrected chi connectivity index (χ3v) is 8.55. The van der Waals surface area contributed by atoms with Gasteiger partial charge in [-0.15, -0.1) is 0 Å². The van der Waals surface area contributed by atoms with Crippen molar-refractivity contribution in [2.45, 2.75) is 51.5 Å². The lowest BCUT2D eigenvalue weighted by Gasteiger charge is -2.32. The highest BCUT2D eigenvalue weighted by atomic mass is 35.5. The van der Waals surface area contributed by atoms with Crippen LogP contribution in [-0.2, 0) is 45.2 Å². The van der Waals surface area contributed by atoms with E-state index in [9.17, 15) is 19.1 Å². The molecule has 1 N–H and O–H groups in total. The number of Topliss-reactive ketones (excluding diaryl/α,β-unsaturated/α-hetero) is 2. The van der Waals surface area contributed by atoms with Crippen molar-refractivity contribution in [3.8, 4) is 5.75 Å². The summed E-state index contributed by atoms with van der Waals surface area (Å²) in [6, 6.07) is 37.4. The second-order valence-corrected chi connectivity index (χ2v) is 12.3. The summed E-state index contributed by atoms with van der Waals surface area (Å²) in [5.74, 6) is -1.50. The third kappa shape index (κ3) is 10.7. The number of halogens is 2. The zero-order chi connectivity index (χ0) is 36.0. The second kappa shape index (κ2) is 19.1. The summed E-state index contributed by atoms with van der Waals surface area (Å²) in [6.07, 6.45) is -3.77. The molecule has 0 saturated carbocycles. The Kier molecular flexibility index (Phi) is 14.0. The number of aliphatic hydroxyl groups excluding tert-OH is 1. The van der Waals surface area contributed by atoms with Gasteiger partial charge in [0.25, 0.3) is 0 Å². The van der Waals surface area contributed by atoms with Gasteiger partial charge in [-0.2, -0.15) is 0 Å². The maximum atomic E-state index is 14.7. The number of carbonyl (C=O) groups is 2. The Bertz CT molecular complexity index is 1850. The molecule has 0 aliphatic heterocycles. The number of ketones is 2. The lowest BCUT2D eigenvalue weighted by Crippen LogP contribution is -2.50. The van der Waals surface area contributed by atoms with Crippen LogP contribution in [0.4, 0.5) is 4.39 Å².